The Hall–Kier alpha value is -3.28. The molecule has 248 valence electrons. The number of likely N-dealkylation sites (tertiary alicyclic amines) is 2. The van der Waals surface area contributed by atoms with E-state index >= 15 is 0 Å². The fraction of sp³-hybridized carbons (Fsp3) is 0.576. The number of carbonyl (C=O) groups excluding carboxylic acids is 2. The van der Waals surface area contributed by atoms with Crippen LogP contribution in [-0.4, -0.2) is 59.2 Å². The molecule has 2 aromatic carbocycles. The van der Waals surface area contributed by atoms with Gasteiger partial charge in [-0.25, -0.2) is 4.79 Å². The first-order valence-corrected chi connectivity index (χ1v) is 15.2. The third kappa shape index (κ3) is 9.14. The molecule has 0 saturated carbocycles. The van der Waals surface area contributed by atoms with E-state index in [9.17, 15) is 35.9 Å². The first kappa shape index (κ1) is 34.6. The van der Waals surface area contributed by atoms with E-state index in [1.807, 2.05) is 30.3 Å². The second-order valence-corrected chi connectivity index (χ2v) is 12.8. The summed E-state index contributed by atoms with van der Waals surface area (Å²) in [5.74, 6) is -0.449. The van der Waals surface area contributed by atoms with Crippen LogP contribution in [0.4, 0.5) is 31.1 Å². The van der Waals surface area contributed by atoms with Crippen LogP contribution in [0.25, 0.3) is 0 Å². The lowest BCUT2D eigenvalue weighted by molar-refractivity contribution is -0.143. The van der Waals surface area contributed by atoms with E-state index in [4.69, 9.17) is 9.47 Å². The fourth-order valence-electron chi connectivity index (χ4n) is 6.04. The number of hydrogen-bond acceptors (Lipinski definition) is 4. The summed E-state index contributed by atoms with van der Waals surface area (Å²) in [6.45, 7) is 8.00. The first-order chi connectivity index (χ1) is 20.9. The standard InChI is InChI=1S/C33H40F6N2O4/c1-21(23-17-24(32(34,35)36)19-25(18-23)33(37,38)39)44-28-14-16-40(20-27(28)22-9-6-5-7-10-22)29(42)13-12-26-11-8-15-41(26)30(43)45-31(2,3)4/h5-7,9-10,17-19,21,26-28H,8,11-16,20H2,1-4H3/t21-,26?,27+,28+/m1/s1. The zero-order valence-corrected chi connectivity index (χ0v) is 25.9. The Morgan fingerprint density at radius 3 is 2.11 bits per heavy atom. The predicted octanol–water partition coefficient (Wildman–Crippen LogP) is 8.37. The van der Waals surface area contributed by atoms with Gasteiger partial charge >= 0.3 is 18.4 Å². The van der Waals surface area contributed by atoms with E-state index in [0.29, 0.717) is 38.1 Å². The van der Waals surface area contributed by atoms with Crippen LogP contribution in [0.1, 0.15) is 94.1 Å². The van der Waals surface area contributed by atoms with Gasteiger partial charge in [-0.2, -0.15) is 26.3 Å². The molecule has 2 amide bonds. The smallest absolute Gasteiger partial charge is 0.416 e. The second kappa shape index (κ2) is 13.6. The van der Waals surface area contributed by atoms with Crippen molar-refractivity contribution in [3.05, 3.63) is 70.8 Å². The third-order valence-corrected chi connectivity index (χ3v) is 8.28. The second-order valence-electron chi connectivity index (χ2n) is 12.8. The van der Waals surface area contributed by atoms with E-state index in [2.05, 4.69) is 0 Å². The van der Waals surface area contributed by atoms with Crippen molar-refractivity contribution in [3.8, 4) is 0 Å². The van der Waals surface area contributed by atoms with E-state index in [1.165, 1.54) is 6.92 Å². The number of benzene rings is 2. The van der Waals surface area contributed by atoms with Crippen LogP contribution in [-0.2, 0) is 26.6 Å². The molecule has 2 heterocycles. The number of carbonyl (C=O) groups is 2. The highest BCUT2D eigenvalue weighted by Gasteiger charge is 2.39. The quantitative estimate of drug-likeness (QED) is 0.285. The molecule has 6 nitrogen and oxygen atoms in total. The Morgan fingerprint density at radius 1 is 0.911 bits per heavy atom. The summed E-state index contributed by atoms with van der Waals surface area (Å²) in [5.41, 5.74) is -2.80. The van der Waals surface area contributed by atoms with E-state index < -0.39 is 47.4 Å². The summed E-state index contributed by atoms with van der Waals surface area (Å²) < 4.78 is 92.6. The van der Waals surface area contributed by atoms with Gasteiger partial charge in [0.15, 0.2) is 0 Å². The van der Waals surface area contributed by atoms with Crippen LogP contribution < -0.4 is 0 Å². The van der Waals surface area contributed by atoms with Crippen LogP contribution in [0.5, 0.6) is 0 Å². The van der Waals surface area contributed by atoms with Gasteiger partial charge in [-0.05, 0) is 82.7 Å². The lowest BCUT2D eigenvalue weighted by atomic mass is 9.87. The van der Waals surface area contributed by atoms with Crippen LogP contribution in [0.3, 0.4) is 0 Å². The highest BCUT2D eigenvalue weighted by Crippen LogP contribution is 2.40. The Morgan fingerprint density at radius 2 is 1.53 bits per heavy atom. The number of alkyl halides is 6. The molecule has 4 atom stereocenters. The summed E-state index contributed by atoms with van der Waals surface area (Å²) in [5, 5.41) is 0. The third-order valence-electron chi connectivity index (χ3n) is 8.28. The molecule has 12 heteroatoms. The Bertz CT molecular complexity index is 1290. The molecule has 4 rings (SSSR count). The normalized spacial score (nSPS) is 22.0. The van der Waals surface area contributed by atoms with Gasteiger partial charge in [0, 0.05) is 38.0 Å². The summed E-state index contributed by atoms with van der Waals surface area (Å²) in [6.07, 6.45) is -9.31. The van der Waals surface area contributed by atoms with Gasteiger partial charge in [-0.3, -0.25) is 4.79 Å². The SMILES string of the molecule is C[C@@H](O[C@H]1CCN(C(=O)CCC2CCCN2C(=O)OC(C)(C)C)C[C@H]1c1ccccc1)c1cc(C(F)(F)F)cc(C(F)(F)F)c1. The van der Waals surface area contributed by atoms with Crippen LogP contribution in [0.2, 0.25) is 0 Å². The van der Waals surface area contributed by atoms with E-state index in [0.717, 1.165) is 18.4 Å². The van der Waals surface area contributed by atoms with Crippen molar-refractivity contribution in [2.24, 2.45) is 0 Å². The van der Waals surface area contributed by atoms with Gasteiger partial charge in [0.25, 0.3) is 0 Å². The topological polar surface area (TPSA) is 59.1 Å². The number of rotatable bonds is 7. The summed E-state index contributed by atoms with van der Waals surface area (Å²) in [4.78, 5) is 29.5. The molecule has 45 heavy (non-hydrogen) atoms. The monoisotopic (exact) mass is 642 g/mol. The number of halogens is 6. The molecule has 2 aliphatic rings. The van der Waals surface area contributed by atoms with E-state index in [-0.39, 0.29) is 42.5 Å². The minimum absolute atomic E-state index is 0.0915. The first-order valence-electron chi connectivity index (χ1n) is 15.2. The average Bonchev–Trinajstić information content (AvgIpc) is 3.43. The minimum Gasteiger partial charge on any atom is -0.444 e. The maximum absolute atomic E-state index is 13.5. The lowest BCUT2D eigenvalue weighted by Crippen LogP contribution is -2.46. The molecule has 0 spiro atoms. The number of piperidine rings is 1. The average molecular weight is 643 g/mol. The van der Waals surface area contributed by atoms with Gasteiger partial charge in [0.05, 0.1) is 23.3 Å². The maximum Gasteiger partial charge on any atom is 0.416 e. The predicted molar refractivity (Wildman–Crippen MR) is 155 cm³/mol. The molecule has 0 N–H and O–H groups in total. The molecule has 0 aliphatic carbocycles. The van der Waals surface area contributed by atoms with Crippen molar-refractivity contribution in [1.82, 2.24) is 9.80 Å². The number of nitrogens with zero attached hydrogens (tertiary/aromatic N) is 2. The highest BCUT2D eigenvalue weighted by molar-refractivity contribution is 5.76. The van der Waals surface area contributed by atoms with Crippen molar-refractivity contribution in [2.75, 3.05) is 19.6 Å². The molecule has 2 aromatic rings. The van der Waals surface area contributed by atoms with Crippen molar-refractivity contribution >= 4 is 12.0 Å². The minimum atomic E-state index is -4.96. The van der Waals surface area contributed by atoms with Gasteiger partial charge in [0.2, 0.25) is 5.91 Å². The molecule has 2 fully saturated rings. The number of amides is 2. The molecular formula is C33H40F6N2O4. The largest absolute Gasteiger partial charge is 0.444 e. The highest BCUT2D eigenvalue weighted by atomic mass is 19.4. The Labute approximate surface area is 259 Å². The van der Waals surface area contributed by atoms with Gasteiger partial charge in [-0.1, -0.05) is 30.3 Å². The molecule has 0 bridgehead atoms. The van der Waals surface area contributed by atoms with Gasteiger partial charge < -0.3 is 19.3 Å². The molecular weight excluding hydrogens is 602 g/mol. The molecule has 0 radical (unpaired) electrons. The number of ether oxygens (including phenoxy) is 2. The molecule has 2 saturated heterocycles. The lowest BCUT2D eigenvalue weighted by Gasteiger charge is -2.40. The maximum atomic E-state index is 13.5. The molecule has 2 aliphatic heterocycles. The van der Waals surface area contributed by atoms with Crippen LogP contribution in [0.15, 0.2) is 48.5 Å². The van der Waals surface area contributed by atoms with Crippen LogP contribution >= 0.6 is 0 Å². The van der Waals surface area contributed by atoms with Crippen molar-refractivity contribution in [3.63, 3.8) is 0 Å². The van der Waals surface area contributed by atoms with Crippen molar-refractivity contribution < 1.29 is 45.4 Å². The number of hydrogen-bond donors (Lipinski definition) is 0. The molecule has 1 unspecified atom stereocenters. The Balaban J connectivity index is 1.46. The summed E-state index contributed by atoms with van der Waals surface area (Å²) in [6, 6.07) is 10.6. The molecule has 0 aromatic heterocycles. The summed E-state index contributed by atoms with van der Waals surface area (Å²) in [7, 11) is 0. The van der Waals surface area contributed by atoms with Crippen molar-refractivity contribution in [1.29, 1.82) is 0 Å². The van der Waals surface area contributed by atoms with Gasteiger partial charge in [0.1, 0.15) is 5.60 Å². The zero-order chi connectivity index (χ0) is 33.2. The Kier molecular flexibility index (Phi) is 10.5. The zero-order valence-electron chi connectivity index (χ0n) is 25.9. The van der Waals surface area contributed by atoms with Gasteiger partial charge in [-0.15, -0.1) is 0 Å². The van der Waals surface area contributed by atoms with Crippen molar-refractivity contribution in [2.45, 2.75) is 102 Å². The van der Waals surface area contributed by atoms with Crippen LogP contribution in [0, 0.1) is 0 Å². The fourth-order valence-corrected chi connectivity index (χ4v) is 6.04. The van der Waals surface area contributed by atoms with E-state index in [1.54, 1.807) is 30.6 Å². The summed E-state index contributed by atoms with van der Waals surface area (Å²) >= 11 is 0.